The summed E-state index contributed by atoms with van der Waals surface area (Å²) in [5, 5.41) is 9.05. The lowest BCUT2D eigenvalue weighted by Crippen LogP contribution is -2.36. The molecule has 0 unspecified atom stereocenters. The smallest absolute Gasteiger partial charge is 0.0650 e. The number of rotatable bonds is 2. The molecule has 1 aromatic carbocycles. The van der Waals surface area contributed by atoms with Gasteiger partial charge >= 0.3 is 0 Å². The maximum Gasteiger partial charge on any atom is 0.0650 e. The molecular weight excluding hydrogens is 164 g/mol. The highest BCUT2D eigenvalue weighted by Crippen LogP contribution is 2.21. The fourth-order valence-corrected chi connectivity index (χ4v) is 1.12. The number of anilines is 1. The Morgan fingerprint density at radius 3 is 2.54 bits per heavy atom. The summed E-state index contributed by atoms with van der Waals surface area (Å²) >= 11 is 0. The molecule has 3 heteroatoms. The lowest BCUT2D eigenvalue weighted by atomic mass is 9.92. The molecule has 0 saturated carbocycles. The highest BCUT2D eigenvalue weighted by atomic mass is 16.3. The third-order valence-corrected chi connectivity index (χ3v) is 2.26. The first-order valence-corrected chi connectivity index (χ1v) is 4.24. The molecule has 1 atom stereocenters. The Morgan fingerprint density at radius 1 is 1.46 bits per heavy atom. The van der Waals surface area contributed by atoms with Gasteiger partial charge in [-0.15, -0.1) is 0 Å². The summed E-state index contributed by atoms with van der Waals surface area (Å²) in [6, 6.07) is 5.57. The van der Waals surface area contributed by atoms with Gasteiger partial charge in [-0.2, -0.15) is 0 Å². The van der Waals surface area contributed by atoms with Gasteiger partial charge in [0.1, 0.15) is 0 Å². The van der Waals surface area contributed by atoms with Crippen molar-refractivity contribution in [2.45, 2.75) is 19.4 Å². The van der Waals surface area contributed by atoms with Crippen LogP contribution >= 0.6 is 0 Å². The molecule has 13 heavy (non-hydrogen) atoms. The summed E-state index contributed by atoms with van der Waals surface area (Å²) < 4.78 is 0. The largest absolute Gasteiger partial charge is 0.399 e. The molecule has 0 saturated heterocycles. The molecule has 3 nitrogen and oxygen atoms in total. The van der Waals surface area contributed by atoms with E-state index in [1.165, 1.54) is 0 Å². The average molecular weight is 180 g/mol. The Bertz CT molecular complexity index is 308. The lowest BCUT2D eigenvalue weighted by Gasteiger charge is -2.22. The maximum atomic E-state index is 9.05. The fraction of sp³-hybridized carbons (Fsp3) is 0.400. The lowest BCUT2D eigenvalue weighted by molar-refractivity contribution is 0.210. The van der Waals surface area contributed by atoms with Crippen molar-refractivity contribution >= 4 is 5.69 Å². The van der Waals surface area contributed by atoms with Crippen molar-refractivity contribution in [3.8, 4) is 0 Å². The Hall–Kier alpha value is -1.06. The van der Waals surface area contributed by atoms with Crippen LogP contribution in [0.15, 0.2) is 18.2 Å². The number of nitrogens with two attached hydrogens (primary N) is 2. The van der Waals surface area contributed by atoms with Gasteiger partial charge in [-0.25, -0.2) is 0 Å². The number of hydrogen-bond donors (Lipinski definition) is 3. The Kier molecular flexibility index (Phi) is 2.59. The topological polar surface area (TPSA) is 72.3 Å². The van der Waals surface area contributed by atoms with Gasteiger partial charge in [-0.1, -0.05) is 12.1 Å². The number of nitrogen functional groups attached to an aromatic ring is 1. The normalized spacial score (nSPS) is 15.4. The molecule has 1 rings (SSSR count). The second-order valence-electron chi connectivity index (χ2n) is 3.65. The molecule has 0 aliphatic heterocycles. The van der Waals surface area contributed by atoms with E-state index in [1.54, 1.807) is 6.92 Å². The Morgan fingerprint density at radius 2 is 2.08 bits per heavy atom. The molecule has 0 spiro atoms. The molecule has 1 aromatic rings. The van der Waals surface area contributed by atoms with Crippen LogP contribution in [0.4, 0.5) is 5.69 Å². The van der Waals surface area contributed by atoms with Crippen LogP contribution in [0.5, 0.6) is 0 Å². The molecule has 0 amide bonds. The molecule has 0 aromatic heterocycles. The third-order valence-electron chi connectivity index (χ3n) is 2.26. The van der Waals surface area contributed by atoms with Crippen molar-refractivity contribution < 1.29 is 5.11 Å². The Balaban J connectivity index is 3.10. The minimum atomic E-state index is -0.682. The van der Waals surface area contributed by atoms with Crippen molar-refractivity contribution in [2.24, 2.45) is 5.73 Å². The Labute approximate surface area is 78.4 Å². The van der Waals surface area contributed by atoms with E-state index in [9.17, 15) is 0 Å². The van der Waals surface area contributed by atoms with Crippen molar-refractivity contribution in [1.82, 2.24) is 0 Å². The zero-order valence-electron chi connectivity index (χ0n) is 8.04. The van der Waals surface area contributed by atoms with Crippen LogP contribution in [0.3, 0.4) is 0 Å². The van der Waals surface area contributed by atoms with Crippen LogP contribution in [-0.2, 0) is 5.54 Å². The van der Waals surface area contributed by atoms with Gasteiger partial charge in [-0.05, 0) is 31.0 Å². The third kappa shape index (κ3) is 1.99. The number of hydrogen-bond acceptors (Lipinski definition) is 3. The first-order valence-electron chi connectivity index (χ1n) is 4.24. The second kappa shape index (κ2) is 3.36. The van der Waals surface area contributed by atoms with Gasteiger partial charge in [0.05, 0.1) is 12.1 Å². The predicted octanol–water partition coefficient (Wildman–Crippen LogP) is 0.743. The molecule has 0 aliphatic carbocycles. The van der Waals surface area contributed by atoms with Crippen molar-refractivity contribution in [3.05, 3.63) is 29.3 Å². The van der Waals surface area contributed by atoms with E-state index in [0.29, 0.717) is 0 Å². The molecule has 0 bridgehead atoms. The number of benzene rings is 1. The maximum absolute atomic E-state index is 9.05. The van der Waals surface area contributed by atoms with E-state index in [0.717, 1.165) is 16.8 Å². The summed E-state index contributed by atoms with van der Waals surface area (Å²) in [5.74, 6) is 0. The van der Waals surface area contributed by atoms with Crippen molar-refractivity contribution in [1.29, 1.82) is 0 Å². The van der Waals surface area contributed by atoms with Crippen LogP contribution in [-0.4, -0.2) is 11.7 Å². The minimum Gasteiger partial charge on any atom is -0.399 e. The number of aliphatic hydroxyl groups is 1. The first-order chi connectivity index (χ1) is 5.97. The van der Waals surface area contributed by atoms with E-state index < -0.39 is 5.54 Å². The number of aryl methyl sites for hydroxylation is 1. The van der Waals surface area contributed by atoms with Gasteiger partial charge in [0.2, 0.25) is 0 Å². The summed E-state index contributed by atoms with van der Waals surface area (Å²) in [7, 11) is 0. The predicted molar refractivity (Wildman–Crippen MR) is 54.2 cm³/mol. The monoisotopic (exact) mass is 180 g/mol. The summed E-state index contributed by atoms with van der Waals surface area (Å²) in [4.78, 5) is 0. The first kappa shape index (κ1) is 10.0. The van der Waals surface area contributed by atoms with Gasteiger partial charge < -0.3 is 16.6 Å². The standard InChI is InChI=1S/C10H16N2O/c1-7-5-8(3-4-9(7)11)10(2,12)6-13/h3-5,13H,6,11-12H2,1-2H3/t10-/m0/s1. The number of aliphatic hydroxyl groups excluding tert-OH is 1. The van der Waals surface area contributed by atoms with Crippen LogP contribution in [0.2, 0.25) is 0 Å². The summed E-state index contributed by atoms with van der Waals surface area (Å²) in [6.07, 6.45) is 0. The molecule has 72 valence electrons. The van der Waals surface area contributed by atoms with Crippen molar-refractivity contribution in [2.75, 3.05) is 12.3 Å². The fourth-order valence-electron chi connectivity index (χ4n) is 1.12. The SMILES string of the molecule is Cc1cc([C@@](C)(N)CO)ccc1N. The van der Waals surface area contributed by atoms with Gasteiger partial charge in [0.15, 0.2) is 0 Å². The van der Waals surface area contributed by atoms with Crippen LogP contribution in [0, 0.1) is 6.92 Å². The molecule has 0 heterocycles. The van der Waals surface area contributed by atoms with E-state index >= 15 is 0 Å². The van der Waals surface area contributed by atoms with E-state index in [-0.39, 0.29) is 6.61 Å². The average Bonchev–Trinajstić information content (AvgIpc) is 2.09. The minimum absolute atomic E-state index is 0.0731. The molecule has 0 aliphatic rings. The highest BCUT2D eigenvalue weighted by Gasteiger charge is 2.19. The molecule has 0 fully saturated rings. The quantitative estimate of drug-likeness (QED) is 0.588. The van der Waals surface area contributed by atoms with Crippen LogP contribution in [0.25, 0.3) is 0 Å². The van der Waals surface area contributed by atoms with E-state index in [1.807, 2.05) is 25.1 Å². The van der Waals surface area contributed by atoms with Crippen LogP contribution in [0.1, 0.15) is 18.1 Å². The summed E-state index contributed by atoms with van der Waals surface area (Å²) in [5.41, 5.74) is 13.5. The van der Waals surface area contributed by atoms with Gasteiger partial charge in [-0.3, -0.25) is 0 Å². The zero-order valence-corrected chi connectivity index (χ0v) is 8.04. The molecule has 5 N–H and O–H groups in total. The molecular formula is C10H16N2O. The van der Waals surface area contributed by atoms with Gasteiger partial charge in [0.25, 0.3) is 0 Å². The van der Waals surface area contributed by atoms with E-state index in [2.05, 4.69) is 0 Å². The second-order valence-corrected chi connectivity index (χ2v) is 3.65. The zero-order chi connectivity index (χ0) is 10.1. The summed E-state index contributed by atoms with van der Waals surface area (Å²) in [6.45, 7) is 3.64. The van der Waals surface area contributed by atoms with Crippen molar-refractivity contribution in [3.63, 3.8) is 0 Å². The molecule has 0 radical (unpaired) electrons. The van der Waals surface area contributed by atoms with Gasteiger partial charge in [0, 0.05) is 5.69 Å². The highest BCUT2D eigenvalue weighted by molar-refractivity contribution is 5.48. The van der Waals surface area contributed by atoms with Crippen LogP contribution < -0.4 is 11.5 Å². The van der Waals surface area contributed by atoms with E-state index in [4.69, 9.17) is 16.6 Å².